The topological polar surface area (TPSA) is 194 Å². The van der Waals surface area contributed by atoms with Crippen LogP contribution in [0.2, 0.25) is 25.1 Å². The van der Waals surface area contributed by atoms with Crippen molar-refractivity contribution in [2.75, 3.05) is 258 Å². The summed E-state index contributed by atoms with van der Waals surface area (Å²) in [6.45, 7) is -0.150. The molecule has 140 heavy (non-hydrogen) atoms. The Kier molecular flexibility index (Phi) is 24.5. The third kappa shape index (κ3) is 35.8. The molecule has 0 bridgehead atoms. The Bertz CT molecular complexity index is 7210. The van der Waals surface area contributed by atoms with E-state index >= 15 is 0 Å². The van der Waals surface area contributed by atoms with Crippen LogP contribution in [0.4, 0.5) is 52.4 Å². The molecule has 5 N–H and O–H groups in total. The van der Waals surface area contributed by atoms with Crippen molar-refractivity contribution in [3.63, 3.8) is 0 Å². The van der Waals surface area contributed by atoms with E-state index in [1.807, 2.05) is 20.0 Å². The van der Waals surface area contributed by atoms with Gasteiger partial charge in [-0.1, -0.05) is 118 Å². The van der Waals surface area contributed by atoms with Crippen molar-refractivity contribution >= 4 is 117 Å². The summed E-state index contributed by atoms with van der Waals surface area (Å²) in [6.07, 6.45) is -27.2. The molecule has 5 saturated carbocycles. The summed E-state index contributed by atoms with van der Waals surface area (Å²) in [5, 5.41) is 13.0. The second kappa shape index (κ2) is 57.6. The van der Waals surface area contributed by atoms with Gasteiger partial charge in [0.25, 0.3) is 0 Å². The summed E-state index contributed by atoms with van der Waals surface area (Å²) in [5.74, 6) is -7.02. The molecule has 25 nitrogen and oxygen atoms in total. The molecule has 0 spiro atoms. The monoisotopic (exact) mass is 2090 g/mol. The first-order valence-corrected chi connectivity index (χ1v) is 49.6. The number of urea groups is 5. The lowest BCUT2D eigenvalue weighted by molar-refractivity contribution is 0.194. The molecule has 5 aliphatic heterocycles. The van der Waals surface area contributed by atoms with Crippen LogP contribution >= 0.6 is 58.0 Å². The van der Waals surface area contributed by atoms with Gasteiger partial charge in [0.1, 0.15) is 0 Å². The molecule has 0 radical (unpaired) electrons. The molecule has 10 fully saturated rings. The van der Waals surface area contributed by atoms with Gasteiger partial charge in [0, 0.05) is 282 Å². The smallest absolute Gasteiger partial charge is 0.317 e. The highest BCUT2D eigenvalue weighted by atomic mass is 35.5. The molecule has 5 aromatic carbocycles. The molecule has 0 aromatic heterocycles. The van der Waals surface area contributed by atoms with Crippen molar-refractivity contribution in [2.45, 2.75) is 225 Å². The highest BCUT2D eigenvalue weighted by Gasteiger charge is 2.33. The first-order chi connectivity index (χ1) is 88.3. The van der Waals surface area contributed by atoms with Gasteiger partial charge in [-0.05, 0) is 315 Å². The minimum absolute atomic E-state index is 0.0318. The number of anilines is 5. The van der Waals surface area contributed by atoms with Crippen LogP contribution in [0.1, 0.15) is 262 Å². The summed E-state index contributed by atoms with van der Waals surface area (Å²) < 4.78 is 447. The van der Waals surface area contributed by atoms with Crippen molar-refractivity contribution < 1.29 is 98.0 Å². The van der Waals surface area contributed by atoms with Crippen LogP contribution in [0.3, 0.4) is 0 Å². The number of amides is 10. The maximum absolute atomic E-state index is 12.6. The number of halogens is 5. The van der Waals surface area contributed by atoms with E-state index in [1.54, 1.807) is 78.5 Å². The van der Waals surface area contributed by atoms with Crippen molar-refractivity contribution in [1.82, 2.24) is 75.6 Å². The lowest BCUT2D eigenvalue weighted by Crippen LogP contribution is -2.47. The summed E-state index contributed by atoms with van der Waals surface area (Å²) in [7, 11) is 9.05. The number of carbonyl (C=O) groups is 5. The Morgan fingerprint density at radius 2 is 0.543 bits per heavy atom. The third-order valence-corrected chi connectivity index (χ3v) is 28.0. The Morgan fingerprint density at radius 3 is 0.800 bits per heavy atom. The van der Waals surface area contributed by atoms with E-state index in [1.165, 1.54) is 42.9 Å². The van der Waals surface area contributed by atoms with Crippen LogP contribution in [-0.2, 0) is 0 Å². The van der Waals surface area contributed by atoms with Gasteiger partial charge >= 0.3 is 30.2 Å². The fourth-order valence-corrected chi connectivity index (χ4v) is 17.8. The summed E-state index contributed by atoms with van der Waals surface area (Å²) in [4.78, 5) is 82.4. The van der Waals surface area contributed by atoms with Crippen LogP contribution in [0, 0.1) is 64.2 Å². The van der Waals surface area contributed by atoms with E-state index in [4.69, 9.17) is 132 Å². The molecule has 5 heterocycles. The number of rotatable bonds is 25. The number of piperazine rings is 5. The number of nitrogens with zero attached hydrogens (tertiary/aromatic N) is 15. The molecule has 0 atom stereocenters. The number of hydrogen-bond acceptors (Lipinski definition) is 15. The zero-order valence-corrected chi connectivity index (χ0v) is 86.0. The molecule has 10 amide bonds. The van der Waals surface area contributed by atoms with Gasteiger partial charge < -0.3 is 75.6 Å². The fourth-order valence-electron chi connectivity index (χ4n) is 16.8. The van der Waals surface area contributed by atoms with Crippen LogP contribution in [0.5, 0.6) is 0 Å². The minimum Gasteiger partial charge on any atom is -0.368 e. The zero-order chi connectivity index (χ0) is 148. The van der Waals surface area contributed by atoms with E-state index in [0.29, 0.717) is 197 Å². The van der Waals surface area contributed by atoms with Crippen LogP contribution in [0.15, 0.2) is 90.6 Å². The van der Waals surface area contributed by atoms with E-state index in [2.05, 4.69) is 16.0 Å². The van der Waals surface area contributed by atoms with Crippen molar-refractivity contribution in [3.8, 4) is 0 Å². The second-order valence-corrected chi connectivity index (χ2v) is 38.4. The molecular weight excluding hydrogens is 1860 g/mol. The first kappa shape index (κ1) is 59.5. The van der Waals surface area contributed by atoms with Gasteiger partial charge in [0.05, 0.1) is 76.9 Å². The molecule has 5 aliphatic carbocycles. The highest BCUT2D eigenvalue weighted by Crippen LogP contribution is 2.39. The molecule has 5 aromatic rings. The predicted octanol–water partition coefficient (Wildman–Crippen LogP) is 20.0. The Hall–Kier alpha value is -7.30. The first-order valence-electron chi connectivity index (χ1n) is 74.7. The molecule has 15 rings (SSSR count). The van der Waals surface area contributed by atoms with Crippen molar-refractivity contribution in [3.05, 3.63) is 144 Å². The van der Waals surface area contributed by atoms with E-state index < -0.39 is 177 Å². The van der Waals surface area contributed by atoms with Crippen LogP contribution < -0.4 is 51.1 Å². The van der Waals surface area contributed by atoms with Gasteiger partial charge in [-0.25, -0.2) is 24.0 Å². The predicted molar refractivity (Wildman–Crippen MR) is 587 cm³/mol. The summed E-state index contributed by atoms with van der Waals surface area (Å²) in [5.41, 5.74) is 3.81. The lowest BCUT2D eigenvalue weighted by Gasteiger charge is -2.37. The van der Waals surface area contributed by atoms with Gasteiger partial charge in [-0.15, -0.1) is 0 Å². The lowest BCUT2D eigenvalue weighted by atomic mass is 9.84. The van der Waals surface area contributed by atoms with Crippen LogP contribution in [-0.4, -0.2) is 343 Å². The number of carbonyl (C=O) groups excluding carboxylic acids is 5. The average Bonchev–Trinajstić information content (AvgIpc) is 0.657. The largest absolute Gasteiger partial charge is 0.368 e. The van der Waals surface area contributed by atoms with Gasteiger partial charge in [-0.3, -0.25) is 24.5 Å². The Morgan fingerprint density at radius 1 is 0.314 bits per heavy atom. The number of benzene rings is 5. The second-order valence-electron chi connectivity index (χ2n) is 36.5. The summed E-state index contributed by atoms with van der Waals surface area (Å²) in [6, 6.07) is -14.1. The summed E-state index contributed by atoms with van der Waals surface area (Å²) >= 11 is 32.1. The molecule has 780 valence electrons. The molecular formula is C110H175Cl5N20O5. The number of nitrogens with one attached hydrogen (secondary N) is 5. The van der Waals surface area contributed by atoms with E-state index in [-0.39, 0.29) is 230 Å². The number of hydrogen-bond donors (Lipinski definition) is 5. The average molecular weight is 2090 g/mol. The third-order valence-electron chi connectivity index (χ3n) is 25.6. The van der Waals surface area contributed by atoms with Gasteiger partial charge in [0.2, 0.25) is 0 Å². The Labute approximate surface area is 943 Å². The SMILES string of the molecule is [2H]c1c([2H])c(C)c(Cl)c(N2CCN(C([2H])([2H])C([2H])([2H])C3CCC(NC(=O)N(C)C([2H])([2H])[2H])CC3)CC2)c1[2H].[2H]c1c([2H])c(C)c(Cl)c(N2CCN(C([2H])([2H])C([2H])([2H])C3CCC(NC(=O)N(C)C)CC3)CC2)c1[2H].[2H]c1c([2H])c(C)c(Cl)c(N2CCN(C([2H])([2H])CC3CCC(NC(=O)N(C)C([2H])([2H])[2H])CC3)CC2)c1[2H].[2H]c1c([2H])c(C)c(Cl)c(N2CCN(CCC3([2H])C([2H])([2H])C([2H])([2H])C([2H])(NC(=O)N(C)C([2H])([2H])[2H])C([2H])([2H])C3([2H])[2H])CC2)c1[2H].[2H]c1c([2H])c(C)c(Cl)c(N2CCN(CCC3([2H])C([2H])([2H])C([2H])([2H])C([2H])(NC(=O)N(C)C)C([2H])([2H])C3([2H])[2H])CC2)c1[2H]. The minimum atomic E-state index is -3.74. The maximum Gasteiger partial charge on any atom is 0.317 e. The molecule has 30 heteroatoms. The fraction of sp³-hybridized carbons (Fsp3) is 0.682. The maximum atomic E-state index is 12.6. The van der Waals surface area contributed by atoms with Gasteiger partial charge in [0.15, 0.2) is 0 Å². The standard InChI is InChI=1S/5C22H35ClN4O/c5*1-17-5-4-6-20(21(17)23)27-15-13-26(14-16-27)12-11-18-7-9-19(10-8-18)24-22(28)25(2)3/h5*4-6,18-19H,7-16H2,1-3H3,(H,24,28)/i2D3,4D,5D,6D,7D2,8D2,9D2,10D2,18D,19D;4D,5D,6D,7D2,8D2,9D2,10D2,18D,19D;2D3,4D,5D,6D,11D2,12D2;4D,5D,6D,11D2,12D2;2D3,4D,5D,6D,12D2. The molecule has 10 aliphatic rings. The highest BCUT2D eigenvalue weighted by molar-refractivity contribution is 6.35. The molecule has 0 unspecified atom stereocenters. The van der Waals surface area contributed by atoms with Gasteiger partial charge in [-0.2, -0.15) is 0 Å². The van der Waals surface area contributed by atoms with E-state index in [9.17, 15) is 24.0 Å². The molecule has 5 saturated heterocycles. The quantitative estimate of drug-likeness (QED) is 0.0370. The van der Waals surface area contributed by atoms with Crippen molar-refractivity contribution in [2.24, 2.45) is 29.5 Å². The van der Waals surface area contributed by atoms with E-state index in [0.717, 1.165) is 29.7 Å². The van der Waals surface area contributed by atoms with Crippen molar-refractivity contribution in [1.29, 1.82) is 0 Å². The Balaban J connectivity index is 0.000000224. The normalized spacial score (nSPS) is 34.9. The zero-order valence-electron chi connectivity index (χ0n) is 136. The van der Waals surface area contributed by atoms with Crippen LogP contribution in [0.25, 0.3) is 0 Å².